The minimum absolute atomic E-state index is 0.00692. The maximum absolute atomic E-state index is 13.2. The number of Topliss-reactive ketones (excluding diaryl/α,β-unsaturated/α-hetero) is 1. The number of ketones is 1. The molecule has 170 valence electrons. The van der Waals surface area contributed by atoms with Gasteiger partial charge in [0.2, 0.25) is 0 Å². The Morgan fingerprint density at radius 1 is 1.03 bits per heavy atom. The Kier molecular flexibility index (Phi) is 6.29. The first-order valence-corrected chi connectivity index (χ1v) is 11.0. The van der Waals surface area contributed by atoms with E-state index in [9.17, 15) is 14.7 Å². The van der Waals surface area contributed by atoms with Gasteiger partial charge < -0.3 is 19.5 Å². The van der Waals surface area contributed by atoms with Crippen LogP contribution in [0.3, 0.4) is 0 Å². The molecule has 4 rings (SSSR count). The highest BCUT2D eigenvalue weighted by molar-refractivity contribution is 6.46. The molecule has 33 heavy (non-hydrogen) atoms. The molecule has 1 aliphatic heterocycles. The SMILES string of the molecule is CCCN1C(=O)C(=O)/C(=C(/O)c2cc(OC)c(Cl)cc2OC)C1c1cccc2ccccc12. The van der Waals surface area contributed by atoms with Gasteiger partial charge in [-0.1, -0.05) is 61.0 Å². The number of amides is 1. The van der Waals surface area contributed by atoms with Gasteiger partial charge in [0.1, 0.15) is 17.3 Å². The van der Waals surface area contributed by atoms with Gasteiger partial charge >= 0.3 is 0 Å². The number of nitrogens with zero attached hydrogens (tertiary/aromatic N) is 1. The van der Waals surface area contributed by atoms with Gasteiger partial charge in [-0.15, -0.1) is 0 Å². The molecule has 0 radical (unpaired) electrons. The van der Waals surface area contributed by atoms with E-state index in [1.54, 1.807) is 0 Å². The van der Waals surface area contributed by atoms with Crippen molar-refractivity contribution < 1.29 is 24.2 Å². The summed E-state index contributed by atoms with van der Waals surface area (Å²) in [5.41, 5.74) is 0.994. The number of carbonyl (C=O) groups excluding carboxylic acids is 2. The van der Waals surface area contributed by atoms with Crippen molar-refractivity contribution in [2.45, 2.75) is 19.4 Å². The molecule has 0 bridgehead atoms. The minimum Gasteiger partial charge on any atom is -0.507 e. The second-order valence-corrected chi connectivity index (χ2v) is 8.16. The van der Waals surface area contributed by atoms with Gasteiger partial charge in [-0.3, -0.25) is 9.59 Å². The van der Waals surface area contributed by atoms with E-state index in [0.29, 0.717) is 23.7 Å². The van der Waals surface area contributed by atoms with Crippen LogP contribution in [0.25, 0.3) is 16.5 Å². The van der Waals surface area contributed by atoms with Crippen molar-refractivity contribution in [1.82, 2.24) is 4.90 Å². The Balaban J connectivity index is 2.02. The number of hydrogen-bond donors (Lipinski definition) is 1. The van der Waals surface area contributed by atoms with Crippen LogP contribution in [0.2, 0.25) is 5.02 Å². The molecule has 1 N–H and O–H groups in total. The molecule has 3 aromatic carbocycles. The maximum Gasteiger partial charge on any atom is 0.295 e. The predicted molar refractivity (Wildman–Crippen MR) is 128 cm³/mol. The number of halogens is 1. The third kappa shape index (κ3) is 3.80. The van der Waals surface area contributed by atoms with Crippen molar-refractivity contribution in [2.24, 2.45) is 0 Å². The van der Waals surface area contributed by atoms with Crippen LogP contribution in [0.15, 0.2) is 60.2 Å². The number of methoxy groups -OCH3 is 2. The fraction of sp³-hybridized carbons (Fsp3) is 0.231. The van der Waals surface area contributed by atoms with E-state index in [2.05, 4.69) is 0 Å². The summed E-state index contributed by atoms with van der Waals surface area (Å²) in [5.74, 6) is -1.15. The first-order valence-electron chi connectivity index (χ1n) is 10.6. The zero-order valence-electron chi connectivity index (χ0n) is 18.6. The second kappa shape index (κ2) is 9.16. The summed E-state index contributed by atoms with van der Waals surface area (Å²) < 4.78 is 10.7. The van der Waals surface area contributed by atoms with Gasteiger partial charge in [0.15, 0.2) is 0 Å². The lowest BCUT2D eigenvalue weighted by Crippen LogP contribution is -2.30. The van der Waals surface area contributed by atoms with Crippen molar-refractivity contribution in [3.8, 4) is 11.5 Å². The molecule has 6 nitrogen and oxygen atoms in total. The third-order valence-corrected chi connectivity index (χ3v) is 6.15. The van der Waals surface area contributed by atoms with E-state index in [4.69, 9.17) is 21.1 Å². The highest BCUT2D eigenvalue weighted by atomic mass is 35.5. The smallest absolute Gasteiger partial charge is 0.295 e. The van der Waals surface area contributed by atoms with Gasteiger partial charge in [0.05, 0.1) is 36.4 Å². The zero-order chi connectivity index (χ0) is 23.7. The molecule has 1 heterocycles. The molecule has 1 unspecified atom stereocenters. The molecule has 0 spiro atoms. The molecular weight excluding hydrogens is 442 g/mol. The van der Waals surface area contributed by atoms with E-state index in [1.807, 2.05) is 49.4 Å². The molecule has 1 amide bonds. The predicted octanol–water partition coefficient (Wildman–Crippen LogP) is 5.34. The van der Waals surface area contributed by atoms with Crippen molar-refractivity contribution >= 4 is 39.8 Å². The Morgan fingerprint density at radius 3 is 2.42 bits per heavy atom. The fourth-order valence-electron chi connectivity index (χ4n) is 4.35. The highest BCUT2D eigenvalue weighted by Crippen LogP contribution is 2.44. The molecule has 3 aromatic rings. The maximum atomic E-state index is 13.2. The lowest BCUT2D eigenvalue weighted by molar-refractivity contribution is -0.139. The summed E-state index contributed by atoms with van der Waals surface area (Å²) in [6.07, 6.45) is 0.659. The lowest BCUT2D eigenvalue weighted by Gasteiger charge is -2.26. The summed E-state index contributed by atoms with van der Waals surface area (Å²) in [6.45, 7) is 2.31. The molecule has 0 aromatic heterocycles. The molecule has 0 aliphatic carbocycles. The summed E-state index contributed by atoms with van der Waals surface area (Å²) in [5, 5.41) is 13.6. The van der Waals surface area contributed by atoms with Crippen LogP contribution in [0.5, 0.6) is 11.5 Å². The average molecular weight is 466 g/mol. The molecule has 1 aliphatic rings. The monoisotopic (exact) mass is 465 g/mol. The van der Waals surface area contributed by atoms with Crippen molar-refractivity contribution in [1.29, 1.82) is 0 Å². The van der Waals surface area contributed by atoms with E-state index in [0.717, 1.165) is 16.3 Å². The van der Waals surface area contributed by atoms with Crippen molar-refractivity contribution in [3.05, 3.63) is 76.3 Å². The van der Waals surface area contributed by atoms with Gasteiger partial charge in [-0.2, -0.15) is 0 Å². The zero-order valence-corrected chi connectivity index (χ0v) is 19.3. The Bertz CT molecular complexity index is 1280. The van der Waals surface area contributed by atoms with Gasteiger partial charge in [-0.05, 0) is 28.8 Å². The van der Waals surface area contributed by atoms with Crippen molar-refractivity contribution in [2.75, 3.05) is 20.8 Å². The van der Waals surface area contributed by atoms with Gasteiger partial charge in [-0.25, -0.2) is 0 Å². The molecular formula is C26H24ClNO5. The molecule has 7 heteroatoms. The topological polar surface area (TPSA) is 76.1 Å². The Morgan fingerprint density at radius 2 is 1.73 bits per heavy atom. The molecule has 0 saturated carbocycles. The van der Waals surface area contributed by atoms with Gasteiger partial charge in [0, 0.05) is 12.6 Å². The van der Waals surface area contributed by atoms with Crippen LogP contribution in [0.4, 0.5) is 0 Å². The highest BCUT2D eigenvalue weighted by Gasteiger charge is 2.46. The number of carbonyl (C=O) groups is 2. The van der Waals surface area contributed by atoms with E-state index in [1.165, 1.54) is 31.3 Å². The summed E-state index contributed by atoms with van der Waals surface area (Å²) in [7, 11) is 2.89. The van der Waals surface area contributed by atoms with Crippen LogP contribution in [0.1, 0.15) is 30.5 Å². The second-order valence-electron chi connectivity index (χ2n) is 7.75. The average Bonchev–Trinajstić information content (AvgIpc) is 3.08. The van der Waals surface area contributed by atoms with Crippen LogP contribution < -0.4 is 9.47 Å². The quantitative estimate of drug-likeness (QED) is 0.302. The summed E-state index contributed by atoms with van der Waals surface area (Å²) in [4.78, 5) is 27.8. The number of benzene rings is 3. The standard InChI is InChI=1S/C26H24ClNO5/c1-4-12-28-23(17-11-7-9-15-8-5-6-10-16(15)17)22(25(30)26(28)31)24(29)18-13-21(33-3)19(27)14-20(18)32-2/h5-11,13-14,23,29H,4,12H2,1-3H3/b24-22+. The largest absolute Gasteiger partial charge is 0.507 e. The first-order chi connectivity index (χ1) is 15.9. The number of fused-ring (bicyclic) bond motifs is 1. The van der Waals surface area contributed by atoms with E-state index >= 15 is 0 Å². The molecule has 1 atom stereocenters. The number of likely N-dealkylation sites (tertiary alicyclic amines) is 1. The lowest BCUT2D eigenvalue weighted by atomic mass is 9.91. The number of aliphatic hydroxyl groups excluding tert-OH is 1. The van der Waals surface area contributed by atoms with Crippen LogP contribution in [-0.2, 0) is 9.59 Å². The summed E-state index contributed by atoms with van der Waals surface area (Å²) >= 11 is 6.22. The fourth-order valence-corrected chi connectivity index (χ4v) is 4.59. The number of ether oxygens (including phenoxy) is 2. The van der Waals surface area contributed by atoms with Gasteiger partial charge in [0.25, 0.3) is 11.7 Å². The summed E-state index contributed by atoms with van der Waals surface area (Å²) in [6, 6.07) is 15.8. The van der Waals surface area contributed by atoms with Crippen LogP contribution in [-0.4, -0.2) is 42.5 Å². The number of aliphatic hydroxyl groups is 1. The third-order valence-electron chi connectivity index (χ3n) is 5.85. The van der Waals surface area contributed by atoms with E-state index in [-0.39, 0.29) is 22.6 Å². The van der Waals surface area contributed by atoms with E-state index < -0.39 is 17.7 Å². The minimum atomic E-state index is -0.748. The van der Waals surface area contributed by atoms with Crippen LogP contribution in [0, 0.1) is 0 Å². The van der Waals surface area contributed by atoms with Crippen LogP contribution >= 0.6 is 11.6 Å². The Hall–Kier alpha value is -3.51. The number of hydrogen-bond acceptors (Lipinski definition) is 5. The van der Waals surface area contributed by atoms with Crippen molar-refractivity contribution in [3.63, 3.8) is 0 Å². The normalized spacial score (nSPS) is 17.6. The molecule has 1 fully saturated rings. The molecule has 1 saturated heterocycles. The first kappa shape index (κ1) is 22.7. The number of rotatable bonds is 6. The Labute approximate surface area is 197 Å².